The van der Waals surface area contributed by atoms with Crippen LogP contribution in [0.4, 0.5) is 5.69 Å². The highest BCUT2D eigenvalue weighted by molar-refractivity contribution is 7.90. The maximum atomic E-state index is 12.6. The maximum absolute atomic E-state index is 12.6. The molecule has 1 N–H and O–H groups in total. The lowest BCUT2D eigenvalue weighted by molar-refractivity contribution is -0.121. The number of nitrogens with zero attached hydrogens (tertiary/aromatic N) is 2. The first-order valence-electron chi connectivity index (χ1n) is 11.1. The van der Waals surface area contributed by atoms with Crippen molar-refractivity contribution in [1.29, 1.82) is 0 Å². The van der Waals surface area contributed by atoms with Crippen molar-refractivity contribution in [3.8, 4) is 0 Å². The van der Waals surface area contributed by atoms with E-state index >= 15 is 0 Å². The molecule has 1 aliphatic rings. The van der Waals surface area contributed by atoms with Crippen molar-refractivity contribution < 1.29 is 17.9 Å². The molecule has 1 saturated heterocycles. The van der Waals surface area contributed by atoms with Crippen LogP contribution < -0.4 is 5.32 Å². The predicted molar refractivity (Wildman–Crippen MR) is 132 cm³/mol. The second-order valence-electron chi connectivity index (χ2n) is 8.09. The number of amidine groups is 1. The molecule has 0 saturated carbocycles. The van der Waals surface area contributed by atoms with Gasteiger partial charge in [-0.1, -0.05) is 60.7 Å². The Morgan fingerprint density at radius 3 is 2.09 bits per heavy atom. The van der Waals surface area contributed by atoms with E-state index in [0.29, 0.717) is 17.9 Å². The number of hydrogen-bond acceptors (Lipinski definition) is 4. The maximum Gasteiger partial charge on any atom is 0.283 e. The molecule has 0 aromatic heterocycles. The summed E-state index contributed by atoms with van der Waals surface area (Å²) >= 11 is 0. The van der Waals surface area contributed by atoms with Crippen molar-refractivity contribution in [2.75, 3.05) is 25.5 Å². The average molecular weight is 478 g/mol. The Morgan fingerprint density at radius 2 is 1.56 bits per heavy atom. The second-order valence-corrected chi connectivity index (χ2v) is 9.70. The minimum atomic E-state index is -3.80. The number of sulfonamides is 1. The molecule has 0 spiro atoms. The SMILES string of the molecule is CN1CCC/C1=N\S(=O)(=O)c1ccc(NC(=O)COC(c2ccccc2)c2ccccc2)cc1. The van der Waals surface area contributed by atoms with Crippen molar-refractivity contribution in [3.05, 3.63) is 96.1 Å². The summed E-state index contributed by atoms with van der Waals surface area (Å²) in [6.07, 6.45) is 1.16. The molecular formula is C26H27N3O4S. The van der Waals surface area contributed by atoms with Crippen LogP contribution in [0, 0.1) is 0 Å². The number of ether oxygens (including phenoxy) is 1. The average Bonchev–Trinajstić information content (AvgIpc) is 3.24. The lowest BCUT2D eigenvalue weighted by atomic mass is 10.0. The first-order chi connectivity index (χ1) is 16.4. The highest BCUT2D eigenvalue weighted by Gasteiger charge is 2.20. The van der Waals surface area contributed by atoms with Gasteiger partial charge in [0, 0.05) is 25.7 Å². The van der Waals surface area contributed by atoms with E-state index in [0.717, 1.165) is 24.1 Å². The lowest BCUT2D eigenvalue weighted by Crippen LogP contribution is -2.21. The van der Waals surface area contributed by atoms with Crippen LogP contribution in [0.1, 0.15) is 30.1 Å². The van der Waals surface area contributed by atoms with E-state index < -0.39 is 10.0 Å². The Labute approximate surface area is 200 Å². The molecule has 0 unspecified atom stereocenters. The Balaban J connectivity index is 1.40. The summed E-state index contributed by atoms with van der Waals surface area (Å²) in [5.74, 6) is 0.237. The number of anilines is 1. The summed E-state index contributed by atoms with van der Waals surface area (Å²) in [4.78, 5) is 14.5. The van der Waals surface area contributed by atoms with E-state index in [4.69, 9.17) is 4.74 Å². The zero-order valence-electron chi connectivity index (χ0n) is 18.9. The smallest absolute Gasteiger partial charge is 0.283 e. The summed E-state index contributed by atoms with van der Waals surface area (Å²) in [6, 6.07) is 25.4. The summed E-state index contributed by atoms with van der Waals surface area (Å²) in [5, 5.41) is 2.76. The standard InChI is InChI=1S/C26H27N3O4S/c1-29-18-8-13-24(29)28-34(31,32)23-16-14-22(15-17-23)27-25(30)19-33-26(20-9-4-2-5-10-20)21-11-6-3-7-12-21/h2-7,9-12,14-17,26H,8,13,18-19H2,1H3,(H,27,30)/b28-24+. The molecular weight excluding hydrogens is 450 g/mol. The van der Waals surface area contributed by atoms with Crippen molar-refractivity contribution in [2.45, 2.75) is 23.8 Å². The minimum Gasteiger partial charge on any atom is -0.362 e. The molecule has 176 valence electrons. The molecule has 34 heavy (non-hydrogen) atoms. The molecule has 4 rings (SSSR count). The van der Waals surface area contributed by atoms with E-state index in [2.05, 4.69) is 9.71 Å². The first-order valence-corrected chi connectivity index (χ1v) is 12.5. The van der Waals surface area contributed by atoms with Gasteiger partial charge < -0.3 is 15.0 Å². The largest absolute Gasteiger partial charge is 0.362 e. The van der Waals surface area contributed by atoms with Gasteiger partial charge in [0.1, 0.15) is 18.5 Å². The van der Waals surface area contributed by atoms with Crippen LogP contribution in [0.25, 0.3) is 0 Å². The van der Waals surface area contributed by atoms with Crippen LogP contribution in [-0.4, -0.2) is 45.3 Å². The van der Waals surface area contributed by atoms with Crippen LogP contribution in [0.15, 0.2) is 94.2 Å². The normalized spacial score (nSPS) is 15.1. The van der Waals surface area contributed by atoms with Crippen LogP contribution in [0.2, 0.25) is 0 Å². The van der Waals surface area contributed by atoms with Gasteiger partial charge >= 0.3 is 0 Å². The lowest BCUT2D eigenvalue weighted by Gasteiger charge is -2.19. The van der Waals surface area contributed by atoms with Crippen LogP contribution in [0.3, 0.4) is 0 Å². The third kappa shape index (κ3) is 5.89. The fraction of sp³-hybridized carbons (Fsp3) is 0.231. The Morgan fingerprint density at radius 1 is 0.971 bits per heavy atom. The number of carbonyl (C=O) groups excluding carboxylic acids is 1. The molecule has 0 bridgehead atoms. The van der Waals surface area contributed by atoms with Gasteiger partial charge in [0.2, 0.25) is 5.91 Å². The van der Waals surface area contributed by atoms with Gasteiger partial charge in [-0.3, -0.25) is 4.79 Å². The highest BCUT2D eigenvalue weighted by Crippen LogP contribution is 2.26. The molecule has 3 aromatic carbocycles. The quantitative estimate of drug-likeness (QED) is 0.524. The molecule has 7 nitrogen and oxygen atoms in total. The monoisotopic (exact) mass is 477 g/mol. The summed E-state index contributed by atoms with van der Waals surface area (Å²) in [5.41, 5.74) is 2.38. The molecule has 3 aromatic rings. The van der Waals surface area contributed by atoms with Crippen molar-refractivity contribution in [3.63, 3.8) is 0 Å². The highest BCUT2D eigenvalue weighted by atomic mass is 32.2. The fourth-order valence-electron chi connectivity index (χ4n) is 3.81. The summed E-state index contributed by atoms with van der Waals surface area (Å²) < 4.78 is 35.1. The van der Waals surface area contributed by atoms with E-state index in [-0.39, 0.29) is 23.5 Å². The Kier molecular flexibility index (Phi) is 7.40. The molecule has 1 fully saturated rings. The number of carbonyl (C=O) groups is 1. The molecule has 8 heteroatoms. The molecule has 0 radical (unpaired) electrons. The number of hydrogen-bond donors (Lipinski definition) is 1. The van der Waals surface area contributed by atoms with Gasteiger partial charge in [-0.2, -0.15) is 8.42 Å². The molecule has 1 heterocycles. The van der Waals surface area contributed by atoms with Gasteiger partial charge in [-0.25, -0.2) is 0 Å². The van der Waals surface area contributed by atoms with Gasteiger partial charge in [0.15, 0.2) is 0 Å². The van der Waals surface area contributed by atoms with Gasteiger partial charge in [0.25, 0.3) is 10.0 Å². The number of benzene rings is 3. The molecule has 1 aliphatic heterocycles. The number of rotatable bonds is 8. The molecule has 0 aliphatic carbocycles. The Hall–Kier alpha value is -3.49. The zero-order valence-corrected chi connectivity index (χ0v) is 19.7. The minimum absolute atomic E-state index is 0.0859. The van der Waals surface area contributed by atoms with Crippen molar-refractivity contribution in [1.82, 2.24) is 4.90 Å². The Bertz CT molecular complexity index is 1200. The van der Waals surface area contributed by atoms with Crippen molar-refractivity contribution in [2.24, 2.45) is 4.40 Å². The van der Waals surface area contributed by atoms with E-state index in [1.807, 2.05) is 72.6 Å². The zero-order chi connectivity index (χ0) is 24.0. The van der Waals surface area contributed by atoms with Crippen molar-refractivity contribution >= 4 is 27.5 Å². The fourth-order valence-corrected chi connectivity index (χ4v) is 4.90. The third-order valence-electron chi connectivity index (χ3n) is 5.58. The van der Waals surface area contributed by atoms with E-state index in [9.17, 15) is 13.2 Å². The van der Waals surface area contributed by atoms with Crippen LogP contribution in [0.5, 0.6) is 0 Å². The topological polar surface area (TPSA) is 88.1 Å². The number of likely N-dealkylation sites (tertiary alicyclic amines) is 1. The van der Waals surface area contributed by atoms with E-state index in [1.165, 1.54) is 12.1 Å². The second kappa shape index (κ2) is 10.6. The summed E-state index contributed by atoms with van der Waals surface area (Å²) in [6.45, 7) is 0.644. The van der Waals surface area contributed by atoms with Crippen LogP contribution in [-0.2, 0) is 19.6 Å². The third-order valence-corrected chi connectivity index (χ3v) is 6.90. The summed E-state index contributed by atoms with van der Waals surface area (Å²) in [7, 11) is -1.96. The molecule has 0 atom stereocenters. The van der Waals surface area contributed by atoms with Crippen LogP contribution >= 0.6 is 0 Å². The van der Waals surface area contributed by atoms with Gasteiger partial charge in [-0.05, 0) is 41.8 Å². The number of amides is 1. The van der Waals surface area contributed by atoms with Gasteiger partial charge in [-0.15, -0.1) is 4.40 Å². The number of nitrogens with one attached hydrogen (secondary N) is 1. The van der Waals surface area contributed by atoms with E-state index in [1.54, 1.807) is 12.1 Å². The van der Waals surface area contributed by atoms with Gasteiger partial charge in [0.05, 0.1) is 4.90 Å². The predicted octanol–water partition coefficient (Wildman–Crippen LogP) is 4.24. The first kappa shape index (κ1) is 23.7. The molecule has 1 amide bonds.